The van der Waals surface area contributed by atoms with Crippen molar-refractivity contribution >= 4 is 11.5 Å². The van der Waals surface area contributed by atoms with Crippen molar-refractivity contribution in [1.82, 2.24) is 0 Å². The van der Waals surface area contributed by atoms with Crippen LogP contribution in [0, 0.1) is 18.8 Å². The van der Waals surface area contributed by atoms with Gasteiger partial charge in [0.1, 0.15) is 0 Å². The molecule has 2 fully saturated rings. The fraction of sp³-hybridized carbons (Fsp3) is 0.533. The first-order chi connectivity index (χ1) is 9.61. The molecule has 1 aromatic carbocycles. The first kappa shape index (κ1) is 13.2. The Morgan fingerprint density at radius 2 is 2.15 bits per heavy atom. The smallest absolute Gasteiger partial charge is 0.172 e. The van der Waals surface area contributed by atoms with Crippen LogP contribution in [0.1, 0.15) is 24.0 Å². The highest BCUT2D eigenvalue weighted by atomic mass is 16.4. The number of hydrogen-bond acceptors (Lipinski definition) is 4. The molecular weight excluding hydrogens is 254 g/mol. The second-order valence-corrected chi connectivity index (χ2v) is 5.93. The Morgan fingerprint density at radius 3 is 2.85 bits per heavy atom. The lowest BCUT2D eigenvalue weighted by Crippen LogP contribution is -2.28. The van der Waals surface area contributed by atoms with E-state index in [9.17, 15) is 5.11 Å². The molecule has 0 amide bonds. The number of aryl methyl sites for hydroxylation is 1. The van der Waals surface area contributed by atoms with Crippen molar-refractivity contribution < 1.29 is 10.3 Å². The minimum absolute atomic E-state index is 0.140. The largest absolute Gasteiger partial charge is 0.409 e. The Bertz CT molecular complexity index is 544. The van der Waals surface area contributed by atoms with E-state index in [4.69, 9.17) is 10.9 Å². The SMILES string of the molecule is Cc1cccc(/C(N)=N/O)c1N1CC2CCC(O)C2C1. The monoisotopic (exact) mass is 275 g/mol. The third kappa shape index (κ3) is 2.02. The first-order valence-corrected chi connectivity index (χ1v) is 7.12. The van der Waals surface area contributed by atoms with Crippen LogP contribution in [0.5, 0.6) is 0 Å². The van der Waals surface area contributed by atoms with Crippen molar-refractivity contribution in [3.63, 3.8) is 0 Å². The molecule has 0 spiro atoms. The third-order valence-electron chi connectivity index (χ3n) is 4.76. The van der Waals surface area contributed by atoms with Crippen molar-refractivity contribution in [2.75, 3.05) is 18.0 Å². The van der Waals surface area contributed by atoms with Gasteiger partial charge in [-0.15, -0.1) is 0 Å². The van der Waals surface area contributed by atoms with Gasteiger partial charge in [-0.25, -0.2) is 0 Å². The topological polar surface area (TPSA) is 82.1 Å². The summed E-state index contributed by atoms with van der Waals surface area (Å²) in [5.74, 6) is 1.06. The van der Waals surface area contributed by atoms with Gasteiger partial charge in [-0.2, -0.15) is 0 Å². The highest BCUT2D eigenvalue weighted by Gasteiger charge is 2.42. The van der Waals surface area contributed by atoms with E-state index in [0.29, 0.717) is 11.8 Å². The summed E-state index contributed by atoms with van der Waals surface area (Å²) in [5, 5.41) is 22.1. The number of aliphatic hydroxyl groups is 1. The maximum atomic E-state index is 10.0. The maximum Gasteiger partial charge on any atom is 0.172 e. The number of anilines is 1. The summed E-state index contributed by atoms with van der Waals surface area (Å²) in [5.41, 5.74) is 8.71. The molecule has 108 valence electrons. The molecule has 5 heteroatoms. The van der Waals surface area contributed by atoms with Crippen LogP contribution < -0.4 is 10.6 Å². The molecule has 1 aromatic rings. The zero-order chi connectivity index (χ0) is 14.3. The Hall–Kier alpha value is -1.75. The molecule has 3 rings (SSSR count). The van der Waals surface area contributed by atoms with E-state index < -0.39 is 0 Å². The lowest BCUT2D eigenvalue weighted by atomic mass is 10.00. The fourth-order valence-corrected chi connectivity index (χ4v) is 3.76. The Morgan fingerprint density at radius 1 is 1.35 bits per heavy atom. The molecule has 0 radical (unpaired) electrons. The Kier molecular flexibility index (Phi) is 3.30. The molecule has 1 saturated carbocycles. The highest BCUT2D eigenvalue weighted by molar-refractivity contribution is 6.02. The number of aliphatic hydroxyl groups excluding tert-OH is 1. The van der Waals surface area contributed by atoms with E-state index in [1.807, 2.05) is 25.1 Å². The summed E-state index contributed by atoms with van der Waals surface area (Å²) < 4.78 is 0. The molecule has 1 aliphatic heterocycles. The summed E-state index contributed by atoms with van der Waals surface area (Å²) in [7, 11) is 0. The normalized spacial score (nSPS) is 29.8. The van der Waals surface area contributed by atoms with Crippen LogP contribution in [-0.2, 0) is 0 Å². The van der Waals surface area contributed by atoms with Crippen LogP contribution >= 0.6 is 0 Å². The number of benzene rings is 1. The van der Waals surface area contributed by atoms with Crippen LogP contribution in [0.3, 0.4) is 0 Å². The molecule has 3 unspecified atom stereocenters. The Labute approximate surface area is 118 Å². The van der Waals surface area contributed by atoms with Gasteiger partial charge >= 0.3 is 0 Å². The van der Waals surface area contributed by atoms with E-state index in [0.717, 1.165) is 42.7 Å². The van der Waals surface area contributed by atoms with E-state index in [-0.39, 0.29) is 11.9 Å². The van der Waals surface area contributed by atoms with Crippen molar-refractivity contribution in [2.45, 2.75) is 25.9 Å². The van der Waals surface area contributed by atoms with Crippen molar-refractivity contribution in [1.29, 1.82) is 0 Å². The van der Waals surface area contributed by atoms with Gasteiger partial charge in [-0.05, 0) is 37.3 Å². The van der Waals surface area contributed by atoms with E-state index in [1.54, 1.807) is 0 Å². The van der Waals surface area contributed by atoms with Gasteiger partial charge in [-0.1, -0.05) is 17.3 Å². The fourth-order valence-electron chi connectivity index (χ4n) is 3.76. The van der Waals surface area contributed by atoms with Crippen molar-refractivity contribution in [3.8, 4) is 0 Å². The number of fused-ring (bicyclic) bond motifs is 1. The second-order valence-electron chi connectivity index (χ2n) is 5.93. The molecule has 3 atom stereocenters. The van der Waals surface area contributed by atoms with Crippen molar-refractivity contribution in [3.05, 3.63) is 29.3 Å². The van der Waals surface area contributed by atoms with Gasteiger partial charge < -0.3 is 20.9 Å². The van der Waals surface area contributed by atoms with Gasteiger partial charge in [0.2, 0.25) is 0 Å². The minimum Gasteiger partial charge on any atom is -0.409 e. The van der Waals surface area contributed by atoms with Gasteiger partial charge in [0.05, 0.1) is 11.8 Å². The summed E-state index contributed by atoms with van der Waals surface area (Å²) in [6.07, 6.45) is 1.83. The van der Waals surface area contributed by atoms with Crippen molar-refractivity contribution in [2.24, 2.45) is 22.7 Å². The van der Waals surface area contributed by atoms with Crippen LogP contribution in [-0.4, -0.2) is 35.3 Å². The van der Waals surface area contributed by atoms with Gasteiger partial charge in [0, 0.05) is 24.6 Å². The predicted molar refractivity (Wildman–Crippen MR) is 78.1 cm³/mol. The molecule has 0 aromatic heterocycles. The molecule has 1 saturated heterocycles. The number of hydrogen-bond donors (Lipinski definition) is 3. The average molecular weight is 275 g/mol. The lowest BCUT2D eigenvalue weighted by molar-refractivity contribution is 0.133. The first-order valence-electron chi connectivity index (χ1n) is 7.12. The number of oxime groups is 1. The van der Waals surface area contributed by atoms with Crippen LogP contribution in [0.4, 0.5) is 5.69 Å². The molecule has 4 N–H and O–H groups in total. The minimum atomic E-state index is -0.179. The van der Waals surface area contributed by atoms with Crippen LogP contribution in [0.25, 0.3) is 0 Å². The highest BCUT2D eigenvalue weighted by Crippen LogP contribution is 2.41. The molecule has 5 nitrogen and oxygen atoms in total. The number of amidine groups is 1. The summed E-state index contributed by atoms with van der Waals surface area (Å²) in [6.45, 7) is 3.83. The van der Waals surface area contributed by atoms with Crippen LogP contribution in [0.15, 0.2) is 23.4 Å². The molecule has 1 heterocycles. The number of nitrogens with two attached hydrogens (primary N) is 1. The molecule has 20 heavy (non-hydrogen) atoms. The maximum absolute atomic E-state index is 10.0. The number of nitrogens with zero attached hydrogens (tertiary/aromatic N) is 2. The van der Waals surface area contributed by atoms with Gasteiger partial charge in [0.15, 0.2) is 5.84 Å². The quantitative estimate of drug-likeness (QED) is 0.329. The predicted octanol–water partition coefficient (Wildman–Crippen LogP) is 1.30. The molecule has 2 aliphatic rings. The summed E-state index contributed by atoms with van der Waals surface area (Å²) in [4.78, 5) is 2.28. The van der Waals surface area contributed by atoms with Gasteiger partial charge in [-0.3, -0.25) is 0 Å². The van der Waals surface area contributed by atoms with E-state index >= 15 is 0 Å². The average Bonchev–Trinajstić information content (AvgIpc) is 3.00. The van der Waals surface area contributed by atoms with Gasteiger partial charge in [0.25, 0.3) is 0 Å². The van der Waals surface area contributed by atoms with E-state index in [1.165, 1.54) is 0 Å². The summed E-state index contributed by atoms with van der Waals surface area (Å²) in [6, 6.07) is 5.83. The van der Waals surface area contributed by atoms with Crippen LogP contribution in [0.2, 0.25) is 0 Å². The summed E-state index contributed by atoms with van der Waals surface area (Å²) >= 11 is 0. The number of para-hydroxylation sites is 1. The molecular formula is C15H21N3O2. The third-order valence-corrected chi connectivity index (χ3v) is 4.76. The van der Waals surface area contributed by atoms with E-state index in [2.05, 4.69) is 10.1 Å². The lowest BCUT2D eigenvalue weighted by Gasteiger charge is -2.25. The molecule has 0 bridgehead atoms. The molecule has 1 aliphatic carbocycles. The second kappa shape index (κ2) is 4.98. The zero-order valence-corrected chi connectivity index (χ0v) is 11.7. The standard InChI is InChI=1S/C15H21N3O2/c1-9-3-2-4-11(15(16)17-20)14(9)18-7-10-5-6-13(19)12(10)8-18/h2-4,10,12-13,19-20H,5-8H2,1H3,(H2,16,17). The number of rotatable bonds is 2. The zero-order valence-electron chi connectivity index (χ0n) is 11.7. The Balaban J connectivity index is 1.95.